The lowest BCUT2D eigenvalue weighted by molar-refractivity contribution is 0.0305. The molecule has 19 heavy (non-hydrogen) atoms. The van der Waals surface area contributed by atoms with E-state index < -0.39 is 11.6 Å². The van der Waals surface area contributed by atoms with Gasteiger partial charge in [-0.15, -0.1) is 0 Å². The highest BCUT2D eigenvalue weighted by Crippen LogP contribution is 2.25. The Morgan fingerprint density at radius 2 is 1.95 bits per heavy atom. The van der Waals surface area contributed by atoms with Gasteiger partial charge in [0.05, 0.1) is 12.1 Å². The zero-order valence-electron chi connectivity index (χ0n) is 11.9. The van der Waals surface area contributed by atoms with Crippen molar-refractivity contribution in [2.75, 3.05) is 13.2 Å². The third-order valence-corrected chi connectivity index (χ3v) is 3.07. The molecule has 0 spiro atoms. The molecule has 108 valence electrons. The maximum atomic E-state index is 13.9. The minimum absolute atomic E-state index is 0.114. The summed E-state index contributed by atoms with van der Waals surface area (Å²) in [6.07, 6.45) is 1.60. The van der Waals surface area contributed by atoms with Gasteiger partial charge in [-0.2, -0.15) is 0 Å². The van der Waals surface area contributed by atoms with Crippen molar-refractivity contribution in [2.24, 2.45) is 0 Å². The summed E-state index contributed by atoms with van der Waals surface area (Å²) in [5, 5.41) is 3.29. The monoisotopic (exact) mass is 271 g/mol. The fraction of sp³-hybridized carbons (Fsp3) is 0.600. The van der Waals surface area contributed by atoms with E-state index in [1.807, 2.05) is 20.8 Å². The van der Waals surface area contributed by atoms with Crippen LogP contribution >= 0.6 is 0 Å². The topological polar surface area (TPSA) is 21.3 Å². The van der Waals surface area contributed by atoms with Crippen LogP contribution in [0.5, 0.6) is 0 Å². The van der Waals surface area contributed by atoms with Gasteiger partial charge in [0.25, 0.3) is 0 Å². The Bertz CT molecular complexity index is 384. The molecule has 1 rings (SSSR count). The van der Waals surface area contributed by atoms with Crippen LogP contribution in [0, 0.1) is 11.6 Å². The highest BCUT2D eigenvalue weighted by atomic mass is 19.1. The Hall–Kier alpha value is -1.00. The van der Waals surface area contributed by atoms with Crippen LogP contribution < -0.4 is 5.32 Å². The van der Waals surface area contributed by atoms with Gasteiger partial charge in [-0.05, 0) is 32.4 Å². The maximum absolute atomic E-state index is 13.9. The van der Waals surface area contributed by atoms with E-state index in [4.69, 9.17) is 4.74 Å². The van der Waals surface area contributed by atoms with Crippen LogP contribution in [0.3, 0.4) is 0 Å². The molecule has 0 amide bonds. The van der Waals surface area contributed by atoms with Crippen molar-refractivity contribution >= 4 is 0 Å². The second-order valence-electron chi connectivity index (χ2n) is 4.50. The van der Waals surface area contributed by atoms with E-state index in [0.717, 1.165) is 25.5 Å². The van der Waals surface area contributed by atoms with E-state index in [9.17, 15) is 8.78 Å². The molecular formula is C15H23F2NO. The summed E-state index contributed by atoms with van der Waals surface area (Å²) in [5.41, 5.74) is 0.468. The lowest BCUT2D eigenvalue weighted by Crippen LogP contribution is -2.34. The molecule has 2 atom stereocenters. The first-order valence-corrected chi connectivity index (χ1v) is 6.93. The molecule has 2 nitrogen and oxygen atoms in total. The van der Waals surface area contributed by atoms with Gasteiger partial charge in [0.2, 0.25) is 0 Å². The quantitative estimate of drug-likeness (QED) is 0.776. The van der Waals surface area contributed by atoms with Crippen LogP contribution in [0.4, 0.5) is 8.78 Å². The summed E-state index contributed by atoms with van der Waals surface area (Å²) in [6, 6.07) is 3.47. The fourth-order valence-electron chi connectivity index (χ4n) is 2.16. The standard InChI is InChI=1S/C15H23F2NO/c1-4-9-18-15(14(5-2)19-6-3)12-8-7-11(16)10-13(12)17/h7-8,10,14-15,18H,4-6,9H2,1-3H3. The summed E-state index contributed by atoms with van der Waals surface area (Å²) in [4.78, 5) is 0. The first kappa shape index (κ1) is 16.1. The second kappa shape index (κ2) is 8.23. The maximum Gasteiger partial charge on any atom is 0.130 e. The summed E-state index contributed by atoms with van der Waals surface area (Å²) in [5.74, 6) is -1.08. The average Bonchev–Trinajstić information content (AvgIpc) is 2.39. The first-order chi connectivity index (χ1) is 9.13. The Morgan fingerprint density at radius 3 is 2.47 bits per heavy atom. The molecule has 0 aromatic heterocycles. The Morgan fingerprint density at radius 1 is 1.21 bits per heavy atom. The molecule has 1 N–H and O–H groups in total. The average molecular weight is 271 g/mol. The molecular weight excluding hydrogens is 248 g/mol. The number of hydrogen-bond acceptors (Lipinski definition) is 2. The van der Waals surface area contributed by atoms with Crippen molar-refractivity contribution in [1.29, 1.82) is 0 Å². The van der Waals surface area contributed by atoms with Gasteiger partial charge in [-0.25, -0.2) is 8.78 Å². The number of nitrogens with one attached hydrogen (secondary N) is 1. The summed E-state index contributed by atoms with van der Waals surface area (Å²) < 4.78 is 32.6. The molecule has 0 heterocycles. The minimum atomic E-state index is -0.556. The molecule has 2 unspecified atom stereocenters. The molecule has 1 aromatic carbocycles. The van der Waals surface area contributed by atoms with Gasteiger partial charge >= 0.3 is 0 Å². The van der Waals surface area contributed by atoms with Gasteiger partial charge in [0, 0.05) is 18.2 Å². The van der Waals surface area contributed by atoms with E-state index in [1.54, 1.807) is 0 Å². The van der Waals surface area contributed by atoms with E-state index >= 15 is 0 Å². The number of hydrogen-bond donors (Lipinski definition) is 1. The van der Waals surface area contributed by atoms with E-state index in [0.29, 0.717) is 12.2 Å². The molecule has 4 heteroatoms. The number of rotatable bonds is 8. The predicted octanol–water partition coefficient (Wildman–Crippen LogP) is 3.82. The van der Waals surface area contributed by atoms with Crippen molar-refractivity contribution in [3.63, 3.8) is 0 Å². The Kier molecular flexibility index (Phi) is 6.95. The van der Waals surface area contributed by atoms with Gasteiger partial charge in [0.15, 0.2) is 0 Å². The summed E-state index contributed by atoms with van der Waals surface area (Å²) in [6.45, 7) is 7.31. The number of benzene rings is 1. The molecule has 0 saturated carbocycles. The minimum Gasteiger partial charge on any atom is -0.377 e. The molecule has 0 radical (unpaired) electrons. The third kappa shape index (κ3) is 4.55. The van der Waals surface area contributed by atoms with Crippen LogP contribution in [-0.2, 0) is 4.74 Å². The highest BCUT2D eigenvalue weighted by molar-refractivity contribution is 5.23. The van der Waals surface area contributed by atoms with Crippen LogP contribution in [0.2, 0.25) is 0 Å². The second-order valence-corrected chi connectivity index (χ2v) is 4.50. The zero-order valence-corrected chi connectivity index (χ0v) is 11.9. The molecule has 0 saturated heterocycles. The van der Waals surface area contributed by atoms with Gasteiger partial charge in [-0.3, -0.25) is 0 Å². The lowest BCUT2D eigenvalue weighted by Gasteiger charge is -2.28. The number of ether oxygens (including phenoxy) is 1. The largest absolute Gasteiger partial charge is 0.377 e. The van der Waals surface area contributed by atoms with E-state index in [-0.39, 0.29) is 12.1 Å². The van der Waals surface area contributed by atoms with Crippen molar-refractivity contribution in [3.05, 3.63) is 35.4 Å². The molecule has 0 aliphatic carbocycles. The van der Waals surface area contributed by atoms with Gasteiger partial charge < -0.3 is 10.1 Å². The normalized spacial score (nSPS) is 14.4. The van der Waals surface area contributed by atoms with Gasteiger partial charge in [0.1, 0.15) is 11.6 Å². The molecule has 1 aromatic rings. The number of halogens is 2. The predicted molar refractivity (Wildman–Crippen MR) is 73.1 cm³/mol. The van der Waals surface area contributed by atoms with Crippen LogP contribution in [0.15, 0.2) is 18.2 Å². The van der Waals surface area contributed by atoms with E-state index in [1.165, 1.54) is 12.1 Å². The zero-order chi connectivity index (χ0) is 14.3. The molecule has 0 aliphatic rings. The fourth-order valence-corrected chi connectivity index (χ4v) is 2.16. The van der Waals surface area contributed by atoms with Crippen molar-refractivity contribution in [1.82, 2.24) is 5.32 Å². The molecule has 0 fully saturated rings. The van der Waals surface area contributed by atoms with Crippen molar-refractivity contribution < 1.29 is 13.5 Å². The van der Waals surface area contributed by atoms with Crippen LogP contribution in [0.25, 0.3) is 0 Å². The Balaban J connectivity index is 2.99. The summed E-state index contributed by atoms with van der Waals surface area (Å²) >= 11 is 0. The highest BCUT2D eigenvalue weighted by Gasteiger charge is 2.24. The van der Waals surface area contributed by atoms with Gasteiger partial charge in [-0.1, -0.05) is 19.9 Å². The Labute approximate surface area is 114 Å². The SMILES string of the molecule is CCCNC(c1ccc(F)cc1F)C(CC)OCC. The first-order valence-electron chi connectivity index (χ1n) is 6.93. The molecule has 0 bridgehead atoms. The van der Waals surface area contributed by atoms with Crippen molar-refractivity contribution in [2.45, 2.75) is 45.8 Å². The summed E-state index contributed by atoms with van der Waals surface area (Å²) in [7, 11) is 0. The van der Waals surface area contributed by atoms with E-state index in [2.05, 4.69) is 5.32 Å². The van der Waals surface area contributed by atoms with Crippen LogP contribution in [0.1, 0.15) is 45.2 Å². The lowest BCUT2D eigenvalue weighted by atomic mass is 9.98. The molecule has 0 aliphatic heterocycles. The smallest absolute Gasteiger partial charge is 0.130 e. The van der Waals surface area contributed by atoms with Crippen molar-refractivity contribution in [3.8, 4) is 0 Å². The van der Waals surface area contributed by atoms with Crippen LogP contribution in [-0.4, -0.2) is 19.3 Å². The third-order valence-electron chi connectivity index (χ3n) is 3.07.